The second-order valence-corrected chi connectivity index (χ2v) is 11.4. The zero-order valence-electron chi connectivity index (χ0n) is 20.8. The van der Waals surface area contributed by atoms with E-state index in [1.807, 2.05) is 29.2 Å². The molecule has 0 aliphatic carbocycles. The summed E-state index contributed by atoms with van der Waals surface area (Å²) in [6, 6.07) is 17.6. The predicted octanol–water partition coefficient (Wildman–Crippen LogP) is 4.02. The summed E-state index contributed by atoms with van der Waals surface area (Å²) in [6.45, 7) is 4.70. The third-order valence-electron chi connectivity index (χ3n) is 7.29. The van der Waals surface area contributed by atoms with Crippen LogP contribution < -0.4 is 14.5 Å². The molecular weight excluding hydrogens is 477 g/mol. The minimum absolute atomic E-state index is 0.208. The first-order chi connectivity index (χ1) is 17.4. The van der Waals surface area contributed by atoms with Crippen molar-refractivity contribution in [2.24, 2.45) is 0 Å². The Kier molecular flexibility index (Phi) is 6.90. The summed E-state index contributed by atoms with van der Waals surface area (Å²) in [6.07, 6.45) is 1.69. The van der Waals surface area contributed by atoms with Gasteiger partial charge in [-0.3, -0.25) is 0 Å². The number of rotatable bonds is 5. The summed E-state index contributed by atoms with van der Waals surface area (Å²) in [4.78, 5) is 6.98. The molecule has 2 aliphatic rings. The predicted molar refractivity (Wildman–Crippen MR) is 141 cm³/mol. The van der Waals surface area contributed by atoms with Gasteiger partial charge < -0.3 is 19.4 Å². The Hall–Kier alpha value is -3.10. The molecule has 36 heavy (non-hydrogen) atoms. The van der Waals surface area contributed by atoms with Gasteiger partial charge >= 0.3 is 0 Å². The molecule has 0 saturated carbocycles. The molecule has 0 aromatic heterocycles. The van der Waals surface area contributed by atoms with E-state index in [9.17, 15) is 12.8 Å². The molecule has 1 fully saturated rings. The van der Waals surface area contributed by atoms with Gasteiger partial charge in [-0.1, -0.05) is 12.1 Å². The maximum absolute atomic E-state index is 14.2. The van der Waals surface area contributed by atoms with Crippen LogP contribution >= 0.6 is 0 Å². The second kappa shape index (κ2) is 10.1. The van der Waals surface area contributed by atoms with E-state index in [1.54, 1.807) is 30.3 Å². The largest absolute Gasteiger partial charge is 0.495 e. The molecule has 1 saturated heterocycles. The van der Waals surface area contributed by atoms with Gasteiger partial charge in [-0.25, -0.2) is 12.8 Å². The van der Waals surface area contributed by atoms with Crippen molar-refractivity contribution >= 4 is 21.2 Å². The normalized spacial score (nSPS) is 17.0. The minimum atomic E-state index is -3.74. The summed E-state index contributed by atoms with van der Waals surface area (Å²) >= 11 is 0. The quantitative estimate of drug-likeness (QED) is 0.518. The summed E-state index contributed by atoms with van der Waals surface area (Å²) in [5, 5.41) is 0. The SMILES string of the molecule is COc1cc2c(cc1S(=O)(=O)c1ccc(N3CCN(c4ccccc4F)CC3)cc1)CCN(C)CC2. The highest BCUT2D eigenvalue weighted by atomic mass is 32.2. The fourth-order valence-corrected chi connectivity index (χ4v) is 6.54. The van der Waals surface area contributed by atoms with Crippen molar-refractivity contribution < 1.29 is 17.5 Å². The van der Waals surface area contributed by atoms with Crippen molar-refractivity contribution in [1.29, 1.82) is 0 Å². The molecule has 8 heteroatoms. The van der Waals surface area contributed by atoms with Crippen LogP contribution in [0, 0.1) is 5.82 Å². The van der Waals surface area contributed by atoms with Crippen LogP contribution in [0.1, 0.15) is 11.1 Å². The van der Waals surface area contributed by atoms with Crippen LogP contribution in [0.2, 0.25) is 0 Å². The third-order valence-corrected chi connectivity index (χ3v) is 9.08. The van der Waals surface area contributed by atoms with E-state index < -0.39 is 9.84 Å². The molecule has 0 spiro atoms. The Balaban J connectivity index is 1.34. The van der Waals surface area contributed by atoms with Crippen molar-refractivity contribution in [3.05, 3.63) is 77.6 Å². The molecule has 2 aliphatic heterocycles. The van der Waals surface area contributed by atoms with Crippen LogP contribution in [-0.4, -0.2) is 66.7 Å². The number of nitrogens with zero attached hydrogens (tertiary/aromatic N) is 3. The van der Waals surface area contributed by atoms with Gasteiger partial charge in [-0.15, -0.1) is 0 Å². The maximum atomic E-state index is 14.2. The molecule has 0 radical (unpaired) electrons. The molecule has 0 N–H and O–H groups in total. The first-order valence-corrected chi connectivity index (χ1v) is 13.8. The molecule has 0 atom stereocenters. The molecule has 5 rings (SSSR count). The van der Waals surface area contributed by atoms with Crippen molar-refractivity contribution in [2.75, 3.05) is 63.2 Å². The number of methoxy groups -OCH3 is 1. The van der Waals surface area contributed by atoms with Gasteiger partial charge in [-0.2, -0.15) is 0 Å². The van der Waals surface area contributed by atoms with E-state index >= 15 is 0 Å². The van der Waals surface area contributed by atoms with Gasteiger partial charge in [0.05, 0.1) is 17.7 Å². The van der Waals surface area contributed by atoms with E-state index in [0.717, 1.165) is 55.8 Å². The number of sulfone groups is 1. The lowest BCUT2D eigenvalue weighted by atomic mass is 10.0. The van der Waals surface area contributed by atoms with Crippen LogP contribution in [0.15, 0.2) is 70.5 Å². The van der Waals surface area contributed by atoms with Crippen molar-refractivity contribution in [2.45, 2.75) is 22.6 Å². The Morgan fingerprint density at radius 2 is 1.42 bits per heavy atom. The molecule has 3 aromatic rings. The number of hydrogen-bond donors (Lipinski definition) is 0. The van der Waals surface area contributed by atoms with E-state index in [2.05, 4.69) is 16.8 Å². The number of anilines is 2. The van der Waals surface area contributed by atoms with Crippen LogP contribution in [0.4, 0.5) is 15.8 Å². The second-order valence-electron chi connectivity index (χ2n) is 9.50. The first-order valence-electron chi connectivity index (χ1n) is 12.3. The van der Waals surface area contributed by atoms with Crippen LogP contribution in [0.25, 0.3) is 0 Å². The van der Waals surface area contributed by atoms with Crippen LogP contribution in [-0.2, 0) is 22.7 Å². The lowest BCUT2D eigenvalue weighted by Gasteiger charge is -2.37. The van der Waals surface area contributed by atoms with Gasteiger partial charge in [0.1, 0.15) is 16.5 Å². The summed E-state index contributed by atoms with van der Waals surface area (Å²) in [7, 11) is -0.138. The fourth-order valence-electron chi connectivity index (χ4n) is 5.09. The highest BCUT2D eigenvalue weighted by Crippen LogP contribution is 2.34. The Morgan fingerprint density at radius 3 is 2.06 bits per heavy atom. The smallest absolute Gasteiger partial charge is 0.210 e. The zero-order valence-corrected chi connectivity index (χ0v) is 21.6. The van der Waals surface area contributed by atoms with Gasteiger partial charge in [-0.05, 0) is 79.5 Å². The monoisotopic (exact) mass is 509 g/mol. The Labute approximate surface area is 212 Å². The third kappa shape index (κ3) is 4.80. The number of hydrogen-bond acceptors (Lipinski definition) is 6. The van der Waals surface area contributed by atoms with E-state index in [4.69, 9.17) is 4.74 Å². The minimum Gasteiger partial charge on any atom is -0.495 e. The van der Waals surface area contributed by atoms with Crippen molar-refractivity contribution in [3.8, 4) is 5.75 Å². The van der Waals surface area contributed by atoms with Crippen molar-refractivity contribution in [3.63, 3.8) is 0 Å². The molecule has 190 valence electrons. The molecule has 3 aromatic carbocycles. The summed E-state index contributed by atoms with van der Waals surface area (Å²) < 4.78 is 46.9. The van der Waals surface area contributed by atoms with Crippen LogP contribution in [0.5, 0.6) is 5.75 Å². The van der Waals surface area contributed by atoms with E-state index in [-0.39, 0.29) is 15.6 Å². The highest BCUT2D eigenvalue weighted by Gasteiger charge is 2.26. The molecule has 6 nitrogen and oxygen atoms in total. The van der Waals surface area contributed by atoms with Gasteiger partial charge in [0.15, 0.2) is 0 Å². The maximum Gasteiger partial charge on any atom is 0.210 e. The lowest BCUT2D eigenvalue weighted by molar-refractivity contribution is 0.352. The molecule has 2 heterocycles. The van der Waals surface area contributed by atoms with Crippen LogP contribution in [0.3, 0.4) is 0 Å². The molecule has 0 unspecified atom stereocenters. The van der Waals surface area contributed by atoms with Gasteiger partial charge in [0.2, 0.25) is 9.84 Å². The van der Waals surface area contributed by atoms with Gasteiger partial charge in [0, 0.05) is 45.0 Å². The van der Waals surface area contributed by atoms with E-state index in [1.165, 1.54) is 13.2 Å². The number of likely N-dealkylation sites (N-methyl/N-ethyl adjacent to an activating group) is 1. The number of fused-ring (bicyclic) bond motifs is 1. The molecular formula is C28H32FN3O3S. The summed E-state index contributed by atoms with van der Waals surface area (Å²) in [5.74, 6) is 0.187. The first kappa shape index (κ1) is 24.6. The topological polar surface area (TPSA) is 53.1 Å². The zero-order chi connectivity index (χ0) is 25.3. The lowest BCUT2D eigenvalue weighted by Crippen LogP contribution is -2.46. The number of halogens is 1. The Bertz CT molecular complexity index is 1340. The molecule has 0 bridgehead atoms. The fraction of sp³-hybridized carbons (Fsp3) is 0.357. The average molecular weight is 510 g/mol. The Morgan fingerprint density at radius 1 is 0.806 bits per heavy atom. The van der Waals surface area contributed by atoms with Gasteiger partial charge in [0.25, 0.3) is 0 Å². The van der Waals surface area contributed by atoms with E-state index in [0.29, 0.717) is 24.5 Å². The number of benzene rings is 3. The summed E-state index contributed by atoms with van der Waals surface area (Å²) in [5.41, 5.74) is 3.81. The number of piperazine rings is 1. The molecule has 0 amide bonds. The number of ether oxygens (including phenoxy) is 1. The van der Waals surface area contributed by atoms with Crippen molar-refractivity contribution in [1.82, 2.24) is 4.90 Å². The average Bonchev–Trinajstić information content (AvgIpc) is 3.09. The standard InChI is InChI=1S/C28H32FN3O3S/c1-30-13-11-21-19-27(35-2)28(20-22(21)12-14-30)36(33,34)24-9-7-23(8-10-24)31-15-17-32(18-16-31)26-6-4-3-5-25(26)29/h3-10,19-20H,11-18H2,1-2H3. The highest BCUT2D eigenvalue weighted by molar-refractivity contribution is 7.91. The number of para-hydroxylation sites is 1.